The van der Waals surface area contributed by atoms with Crippen LogP contribution in [0, 0.1) is 0 Å². The number of methoxy groups -OCH3 is 2. The Morgan fingerprint density at radius 3 is 2.25 bits per heavy atom. The van der Waals surface area contributed by atoms with Crippen LogP contribution in [0.3, 0.4) is 0 Å². The van der Waals surface area contributed by atoms with Gasteiger partial charge in [0.05, 0.1) is 19.9 Å². The minimum Gasteiger partial charge on any atom is -0.497 e. The number of benzene rings is 2. The first-order valence-corrected chi connectivity index (χ1v) is 9.79. The van der Waals surface area contributed by atoms with E-state index in [2.05, 4.69) is 25.6 Å². The molecule has 2 aromatic heterocycles. The highest BCUT2D eigenvalue weighted by Gasteiger charge is 2.10. The average Bonchev–Trinajstić information content (AvgIpc) is 2.85. The lowest BCUT2D eigenvalue weighted by Crippen LogP contribution is -2.12. The Bertz CT molecular complexity index is 1190. The van der Waals surface area contributed by atoms with Crippen molar-refractivity contribution in [2.24, 2.45) is 0 Å². The van der Waals surface area contributed by atoms with Crippen molar-refractivity contribution < 1.29 is 14.3 Å². The van der Waals surface area contributed by atoms with Gasteiger partial charge in [-0.2, -0.15) is 0 Å². The number of carbonyl (C=O) groups excluding carboxylic acids is 1. The van der Waals surface area contributed by atoms with Gasteiger partial charge in [-0.3, -0.25) is 9.78 Å². The molecule has 0 bridgehead atoms. The second kappa shape index (κ2) is 9.57. The molecule has 2 heterocycles. The second-order valence-electron chi connectivity index (χ2n) is 6.77. The second-order valence-corrected chi connectivity index (χ2v) is 6.77. The molecule has 0 saturated carbocycles. The monoisotopic (exact) mass is 427 g/mol. The van der Waals surface area contributed by atoms with E-state index in [9.17, 15) is 4.79 Å². The van der Waals surface area contributed by atoms with Crippen LogP contribution in [0.5, 0.6) is 11.5 Å². The number of rotatable bonds is 7. The first-order chi connectivity index (χ1) is 15.6. The van der Waals surface area contributed by atoms with E-state index in [1.807, 2.05) is 30.3 Å². The van der Waals surface area contributed by atoms with Crippen molar-refractivity contribution in [1.82, 2.24) is 15.0 Å². The highest BCUT2D eigenvalue weighted by Crippen LogP contribution is 2.24. The number of nitrogens with one attached hydrogen (secondary N) is 2. The number of pyridine rings is 1. The topological polar surface area (TPSA) is 98.3 Å². The van der Waals surface area contributed by atoms with Gasteiger partial charge < -0.3 is 20.1 Å². The van der Waals surface area contributed by atoms with Crippen LogP contribution in [0.1, 0.15) is 10.4 Å². The third-order valence-electron chi connectivity index (χ3n) is 4.63. The van der Waals surface area contributed by atoms with E-state index < -0.39 is 0 Å². The van der Waals surface area contributed by atoms with E-state index in [-0.39, 0.29) is 5.91 Å². The zero-order valence-electron chi connectivity index (χ0n) is 17.6. The number of hydrogen-bond acceptors (Lipinski definition) is 7. The molecule has 0 atom stereocenters. The number of aromatic nitrogens is 3. The van der Waals surface area contributed by atoms with Crippen LogP contribution in [0.2, 0.25) is 0 Å². The van der Waals surface area contributed by atoms with E-state index in [4.69, 9.17) is 9.47 Å². The van der Waals surface area contributed by atoms with Gasteiger partial charge in [-0.05, 0) is 54.6 Å². The number of hydrogen-bond donors (Lipinski definition) is 2. The Morgan fingerprint density at radius 1 is 0.875 bits per heavy atom. The minimum atomic E-state index is -0.268. The van der Waals surface area contributed by atoms with Gasteiger partial charge in [0.15, 0.2) is 0 Å². The van der Waals surface area contributed by atoms with Crippen molar-refractivity contribution in [1.29, 1.82) is 0 Å². The highest BCUT2D eigenvalue weighted by atomic mass is 16.5. The predicted molar refractivity (Wildman–Crippen MR) is 122 cm³/mol. The summed E-state index contributed by atoms with van der Waals surface area (Å²) in [6.07, 6.45) is 5.16. The fourth-order valence-corrected chi connectivity index (χ4v) is 3.00. The van der Waals surface area contributed by atoms with Gasteiger partial charge in [0.2, 0.25) is 5.95 Å². The molecule has 160 valence electrons. The maximum absolute atomic E-state index is 12.6. The van der Waals surface area contributed by atoms with Gasteiger partial charge in [0.25, 0.3) is 5.91 Å². The van der Waals surface area contributed by atoms with Crippen molar-refractivity contribution in [3.05, 3.63) is 84.8 Å². The molecule has 2 aromatic carbocycles. The molecule has 1 amide bonds. The van der Waals surface area contributed by atoms with E-state index in [1.165, 1.54) is 0 Å². The molecule has 4 aromatic rings. The summed E-state index contributed by atoms with van der Waals surface area (Å²) in [7, 11) is 3.08. The number of nitrogens with zero attached hydrogens (tertiary/aromatic N) is 3. The zero-order valence-corrected chi connectivity index (χ0v) is 17.6. The minimum absolute atomic E-state index is 0.268. The Balaban J connectivity index is 1.44. The first kappa shape index (κ1) is 20.8. The Morgan fingerprint density at radius 2 is 1.59 bits per heavy atom. The summed E-state index contributed by atoms with van der Waals surface area (Å²) in [6.45, 7) is 0. The van der Waals surface area contributed by atoms with Crippen molar-refractivity contribution >= 4 is 23.2 Å². The molecule has 0 saturated heterocycles. The Kier molecular flexibility index (Phi) is 6.22. The summed E-state index contributed by atoms with van der Waals surface area (Å²) < 4.78 is 10.4. The van der Waals surface area contributed by atoms with Gasteiger partial charge in [-0.1, -0.05) is 0 Å². The van der Waals surface area contributed by atoms with Crippen LogP contribution >= 0.6 is 0 Å². The molecule has 0 unspecified atom stereocenters. The van der Waals surface area contributed by atoms with E-state index in [1.54, 1.807) is 63.1 Å². The van der Waals surface area contributed by atoms with Crippen LogP contribution in [0.4, 0.5) is 17.3 Å². The maximum Gasteiger partial charge on any atom is 0.255 e. The summed E-state index contributed by atoms with van der Waals surface area (Å²) in [5.41, 5.74) is 3.55. The fraction of sp³-hybridized carbons (Fsp3) is 0.0833. The van der Waals surface area contributed by atoms with Crippen LogP contribution in [0.15, 0.2) is 79.3 Å². The summed E-state index contributed by atoms with van der Waals surface area (Å²) in [6, 6.07) is 17.9. The summed E-state index contributed by atoms with van der Waals surface area (Å²) in [4.78, 5) is 25.5. The molecule has 0 spiro atoms. The molecular formula is C24H21N5O3. The summed E-state index contributed by atoms with van der Waals surface area (Å²) >= 11 is 0. The highest BCUT2D eigenvalue weighted by molar-refractivity contribution is 6.04. The van der Waals surface area contributed by atoms with Gasteiger partial charge in [-0.25, -0.2) is 9.97 Å². The maximum atomic E-state index is 12.6. The standard InChI is InChI=1S/C24H21N5O3/c1-31-20-12-17(13-21(14-20)32-2)23(30)27-18-5-7-19(8-6-18)28-24-26-11-9-22(29-24)16-4-3-10-25-15-16/h3-15H,1-2H3,(H,27,30)(H,26,28,29). The number of ether oxygens (including phenoxy) is 2. The summed E-state index contributed by atoms with van der Waals surface area (Å²) in [5.74, 6) is 1.28. The van der Waals surface area contributed by atoms with Crippen molar-refractivity contribution in [2.75, 3.05) is 24.9 Å². The van der Waals surface area contributed by atoms with E-state index in [0.29, 0.717) is 28.7 Å². The molecule has 0 aliphatic heterocycles. The van der Waals surface area contributed by atoms with E-state index >= 15 is 0 Å². The van der Waals surface area contributed by atoms with Gasteiger partial charge in [0, 0.05) is 47.2 Å². The van der Waals surface area contributed by atoms with Crippen LogP contribution < -0.4 is 20.1 Å². The Labute approximate surface area is 185 Å². The smallest absolute Gasteiger partial charge is 0.255 e. The molecule has 4 rings (SSSR count). The van der Waals surface area contributed by atoms with E-state index in [0.717, 1.165) is 16.9 Å². The molecule has 2 N–H and O–H groups in total. The van der Waals surface area contributed by atoms with Gasteiger partial charge in [-0.15, -0.1) is 0 Å². The van der Waals surface area contributed by atoms with Gasteiger partial charge >= 0.3 is 0 Å². The lowest BCUT2D eigenvalue weighted by Gasteiger charge is -2.10. The number of carbonyl (C=O) groups is 1. The first-order valence-electron chi connectivity index (χ1n) is 9.79. The lowest BCUT2D eigenvalue weighted by molar-refractivity contribution is 0.102. The zero-order chi connectivity index (χ0) is 22.3. The number of anilines is 3. The Hall–Kier alpha value is -4.46. The average molecular weight is 427 g/mol. The molecule has 8 nitrogen and oxygen atoms in total. The molecule has 0 aliphatic rings. The summed E-state index contributed by atoms with van der Waals surface area (Å²) in [5, 5.41) is 6.03. The molecule has 0 radical (unpaired) electrons. The van der Waals surface area contributed by atoms with Crippen LogP contribution in [-0.2, 0) is 0 Å². The third-order valence-corrected chi connectivity index (χ3v) is 4.63. The molecule has 8 heteroatoms. The normalized spacial score (nSPS) is 10.3. The van der Waals surface area contributed by atoms with Crippen LogP contribution in [-0.4, -0.2) is 35.1 Å². The largest absolute Gasteiger partial charge is 0.497 e. The molecular weight excluding hydrogens is 406 g/mol. The predicted octanol–water partition coefficient (Wildman–Crippen LogP) is 4.55. The lowest BCUT2D eigenvalue weighted by atomic mass is 10.1. The SMILES string of the molecule is COc1cc(OC)cc(C(=O)Nc2ccc(Nc3nccc(-c4cccnc4)n3)cc2)c1. The molecule has 0 fully saturated rings. The third kappa shape index (κ3) is 4.99. The van der Waals surface area contributed by atoms with Crippen molar-refractivity contribution in [2.45, 2.75) is 0 Å². The molecule has 0 aliphatic carbocycles. The van der Waals surface area contributed by atoms with Gasteiger partial charge in [0.1, 0.15) is 11.5 Å². The fourth-order valence-electron chi connectivity index (χ4n) is 3.00. The van der Waals surface area contributed by atoms with Crippen molar-refractivity contribution in [3.8, 4) is 22.8 Å². The quantitative estimate of drug-likeness (QED) is 0.446. The molecule has 32 heavy (non-hydrogen) atoms. The number of amides is 1. The van der Waals surface area contributed by atoms with Crippen LogP contribution in [0.25, 0.3) is 11.3 Å². The van der Waals surface area contributed by atoms with Crippen molar-refractivity contribution in [3.63, 3.8) is 0 Å².